The number of aryl methyl sites for hydroxylation is 1. The van der Waals surface area contributed by atoms with Crippen LogP contribution in [0.4, 0.5) is 0 Å². The first-order valence-electron chi connectivity index (χ1n) is 7.62. The van der Waals surface area contributed by atoms with E-state index < -0.39 is 28.4 Å². The number of nitrogens with zero attached hydrogens (tertiary/aromatic N) is 1. The third-order valence-corrected chi connectivity index (χ3v) is 5.18. The highest BCUT2D eigenvalue weighted by Gasteiger charge is 2.22. The second kappa shape index (κ2) is 8.45. The van der Waals surface area contributed by atoms with Gasteiger partial charge in [0, 0.05) is 13.1 Å². The molecule has 2 rings (SSSR count). The van der Waals surface area contributed by atoms with Crippen molar-refractivity contribution >= 4 is 27.9 Å². The van der Waals surface area contributed by atoms with Crippen LogP contribution in [-0.4, -0.2) is 38.1 Å². The second-order valence-electron chi connectivity index (χ2n) is 5.46. The van der Waals surface area contributed by atoms with Crippen molar-refractivity contribution in [1.82, 2.24) is 15.2 Å². The molecule has 1 aromatic carbocycles. The minimum atomic E-state index is -3.80. The maximum atomic E-state index is 12.4. The fourth-order valence-corrected chi connectivity index (χ4v) is 3.06. The van der Waals surface area contributed by atoms with E-state index in [1.165, 1.54) is 37.6 Å². The monoisotopic (exact) mass is 377 g/mol. The van der Waals surface area contributed by atoms with Crippen molar-refractivity contribution in [3.63, 3.8) is 0 Å². The van der Waals surface area contributed by atoms with Gasteiger partial charge in [-0.15, -0.1) is 0 Å². The number of rotatable bonds is 6. The zero-order chi connectivity index (χ0) is 19.2. The number of carbonyl (C=O) groups excluding carboxylic acids is 2. The van der Waals surface area contributed by atoms with Crippen LogP contribution in [0.5, 0.6) is 0 Å². The van der Waals surface area contributed by atoms with Gasteiger partial charge in [0.25, 0.3) is 11.8 Å². The average Bonchev–Trinajstić information content (AvgIpc) is 3.12. The molecule has 0 aliphatic rings. The molecule has 0 aliphatic heterocycles. The maximum Gasteiger partial charge on any atom is 0.262 e. The Morgan fingerprint density at radius 1 is 1.15 bits per heavy atom. The molecule has 0 saturated heterocycles. The first-order valence-corrected chi connectivity index (χ1v) is 9.06. The minimum absolute atomic E-state index is 0.0869. The Morgan fingerprint density at radius 3 is 2.46 bits per heavy atom. The fraction of sp³-hybridized carbons (Fsp3) is 0.176. The Balaban J connectivity index is 1.86. The molecule has 0 atom stereocenters. The summed E-state index contributed by atoms with van der Waals surface area (Å²) < 4.78 is 30.7. The molecule has 138 valence electrons. The quantitative estimate of drug-likeness (QED) is 0.578. The highest BCUT2D eigenvalue weighted by atomic mass is 32.2. The van der Waals surface area contributed by atoms with Crippen LogP contribution in [0.25, 0.3) is 6.08 Å². The first kappa shape index (κ1) is 19.4. The summed E-state index contributed by atoms with van der Waals surface area (Å²) in [7, 11) is -2.51. The van der Waals surface area contributed by atoms with E-state index in [-0.39, 0.29) is 4.90 Å². The van der Waals surface area contributed by atoms with Gasteiger partial charge in [0.1, 0.15) is 5.76 Å². The number of likely N-dealkylation sites (N-methyl/N-ethyl adjacent to an activating group) is 1. The summed E-state index contributed by atoms with van der Waals surface area (Å²) in [5.74, 6) is -0.780. The van der Waals surface area contributed by atoms with Gasteiger partial charge in [0.15, 0.2) is 0 Å². The van der Waals surface area contributed by atoms with Gasteiger partial charge in [-0.1, -0.05) is 17.7 Å². The van der Waals surface area contributed by atoms with E-state index in [0.717, 1.165) is 9.87 Å². The Morgan fingerprint density at radius 2 is 1.85 bits per heavy atom. The molecule has 0 spiro atoms. The molecular formula is C17H19N3O5S. The largest absolute Gasteiger partial charge is 0.465 e. The van der Waals surface area contributed by atoms with Crippen LogP contribution in [0.3, 0.4) is 0 Å². The number of hydrogen-bond donors (Lipinski definition) is 2. The molecule has 9 heteroatoms. The van der Waals surface area contributed by atoms with Crippen molar-refractivity contribution in [3.05, 3.63) is 60.1 Å². The summed E-state index contributed by atoms with van der Waals surface area (Å²) in [4.78, 5) is 23.5. The van der Waals surface area contributed by atoms with E-state index in [2.05, 4.69) is 10.9 Å². The molecule has 2 amide bonds. The van der Waals surface area contributed by atoms with E-state index in [9.17, 15) is 18.0 Å². The molecule has 2 N–H and O–H groups in total. The second-order valence-corrected chi connectivity index (χ2v) is 7.51. The summed E-state index contributed by atoms with van der Waals surface area (Å²) in [6.07, 6.45) is 4.06. The van der Waals surface area contributed by atoms with Gasteiger partial charge >= 0.3 is 0 Å². The van der Waals surface area contributed by atoms with Crippen molar-refractivity contribution in [2.24, 2.45) is 0 Å². The van der Waals surface area contributed by atoms with Crippen LogP contribution in [0, 0.1) is 6.92 Å². The number of nitrogens with one attached hydrogen (secondary N) is 2. The Hall–Kier alpha value is -2.91. The summed E-state index contributed by atoms with van der Waals surface area (Å²) in [6, 6.07) is 9.62. The Bertz CT molecular complexity index is 887. The van der Waals surface area contributed by atoms with Crippen LogP contribution >= 0.6 is 0 Å². The van der Waals surface area contributed by atoms with Crippen LogP contribution in [-0.2, 0) is 19.6 Å². The Kier molecular flexibility index (Phi) is 6.31. The highest BCUT2D eigenvalue weighted by molar-refractivity contribution is 7.89. The number of benzene rings is 1. The number of furan rings is 1. The van der Waals surface area contributed by atoms with Crippen molar-refractivity contribution in [2.75, 3.05) is 13.6 Å². The molecule has 26 heavy (non-hydrogen) atoms. The zero-order valence-corrected chi connectivity index (χ0v) is 15.1. The number of sulfonamides is 1. The molecular weight excluding hydrogens is 358 g/mol. The molecule has 0 unspecified atom stereocenters. The predicted octanol–water partition coefficient (Wildman–Crippen LogP) is 1.07. The molecule has 0 saturated carbocycles. The van der Waals surface area contributed by atoms with Crippen LogP contribution in [0.1, 0.15) is 11.3 Å². The van der Waals surface area contributed by atoms with Crippen LogP contribution < -0.4 is 10.9 Å². The summed E-state index contributed by atoms with van der Waals surface area (Å²) in [6.45, 7) is 1.40. The molecule has 0 bridgehead atoms. The molecule has 1 aromatic heterocycles. The standard InChI is InChI=1S/C17H19N3O5S/c1-13-5-8-15(9-6-13)26(23,24)20(2)12-17(22)19-18-16(21)10-7-14-4-3-11-25-14/h3-11H,12H2,1-2H3,(H,18,21)(H,19,22)/b10-7+. The molecule has 0 radical (unpaired) electrons. The van der Waals surface area contributed by atoms with Gasteiger partial charge in [-0.25, -0.2) is 8.42 Å². The molecule has 0 fully saturated rings. The van der Waals surface area contributed by atoms with Gasteiger partial charge in [-0.3, -0.25) is 20.4 Å². The molecule has 2 aromatic rings. The van der Waals surface area contributed by atoms with Crippen molar-refractivity contribution in [1.29, 1.82) is 0 Å². The lowest BCUT2D eigenvalue weighted by atomic mass is 10.2. The van der Waals surface area contributed by atoms with Gasteiger partial charge in [-0.05, 0) is 37.3 Å². The summed E-state index contributed by atoms with van der Waals surface area (Å²) in [5, 5.41) is 0. The third kappa shape index (κ3) is 5.30. The zero-order valence-electron chi connectivity index (χ0n) is 14.3. The molecule has 0 aliphatic carbocycles. The molecule has 1 heterocycles. The number of hydrogen-bond acceptors (Lipinski definition) is 5. The molecule has 8 nitrogen and oxygen atoms in total. The van der Waals surface area contributed by atoms with Gasteiger partial charge in [-0.2, -0.15) is 4.31 Å². The van der Waals surface area contributed by atoms with E-state index >= 15 is 0 Å². The van der Waals surface area contributed by atoms with Crippen molar-refractivity contribution in [2.45, 2.75) is 11.8 Å². The minimum Gasteiger partial charge on any atom is -0.465 e. The van der Waals surface area contributed by atoms with Crippen LogP contribution in [0.2, 0.25) is 0 Å². The third-order valence-electron chi connectivity index (χ3n) is 3.36. The lowest BCUT2D eigenvalue weighted by Crippen LogP contribution is -2.46. The topological polar surface area (TPSA) is 109 Å². The van der Waals surface area contributed by atoms with E-state index in [1.54, 1.807) is 24.3 Å². The SMILES string of the molecule is Cc1ccc(S(=O)(=O)N(C)CC(=O)NNC(=O)/C=C/c2ccco2)cc1. The van der Waals surface area contributed by atoms with E-state index in [4.69, 9.17) is 4.42 Å². The first-order chi connectivity index (χ1) is 12.3. The summed E-state index contributed by atoms with van der Waals surface area (Å²) in [5.41, 5.74) is 5.24. The van der Waals surface area contributed by atoms with Gasteiger partial charge in [0.2, 0.25) is 10.0 Å². The van der Waals surface area contributed by atoms with Crippen molar-refractivity contribution in [3.8, 4) is 0 Å². The van der Waals surface area contributed by atoms with Crippen LogP contribution in [0.15, 0.2) is 58.1 Å². The number of hydrazine groups is 1. The maximum absolute atomic E-state index is 12.4. The Labute approximate surface area is 151 Å². The summed E-state index contributed by atoms with van der Waals surface area (Å²) >= 11 is 0. The lowest BCUT2D eigenvalue weighted by Gasteiger charge is -2.17. The lowest BCUT2D eigenvalue weighted by molar-refractivity contribution is -0.126. The number of amides is 2. The van der Waals surface area contributed by atoms with E-state index in [0.29, 0.717) is 5.76 Å². The van der Waals surface area contributed by atoms with Crippen molar-refractivity contribution < 1.29 is 22.4 Å². The van der Waals surface area contributed by atoms with Gasteiger partial charge < -0.3 is 4.42 Å². The average molecular weight is 377 g/mol. The smallest absolute Gasteiger partial charge is 0.262 e. The number of carbonyl (C=O) groups is 2. The highest BCUT2D eigenvalue weighted by Crippen LogP contribution is 2.14. The fourth-order valence-electron chi connectivity index (χ4n) is 1.93. The van der Waals surface area contributed by atoms with E-state index in [1.807, 2.05) is 6.92 Å². The normalized spacial score (nSPS) is 11.7. The van der Waals surface area contributed by atoms with Gasteiger partial charge in [0.05, 0.1) is 17.7 Å². The predicted molar refractivity (Wildman–Crippen MR) is 95.0 cm³/mol.